The lowest BCUT2D eigenvalue weighted by molar-refractivity contribution is 0.169. The van der Waals surface area contributed by atoms with Crippen molar-refractivity contribution < 1.29 is 13.5 Å². The van der Waals surface area contributed by atoms with Crippen molar-refractivity contribution in [2.24, 2.45) is 0 Å². The zero-order valence-electron chi connectivity index (χ0n) is 10.5. The molecular formula is C13H14BrNO3S2. The molecule has 0 bridgehead atoms. The lowest BCUT2D eigenvalue weighted by Gasteiger charge is -2.11. The molecule has 2 rings (SSSR count). The summed E-state index contributed by atoms with van der Waals surface area (Å²) in [4.78, 5) is 0.199. The van der Waals surface area contributed by atoms with Crippen LogP contribution in [0.1, 0.15) is 18.1 Å². The highest BCUT2D eigenvalue weighted by atomic mass is 79.9. The third kappa shape index (κ3) is 3.89. The van der Waals surface area contributed by atoms with Gasteiger partial charge in [-0.05, 0) is 56.9 Å². The van der Waals surface area contributed by atoms with Crippen LogP contribution in [0.15, 0.2) is 50.5 Å². The fourth-order valence-electron chi connectivity index (χ4n) is 1.70. The fraction of sp³-hybridized carbons (Fsp3) is 0.231. The molecule has 1 aromatic heterocycles. The summed E-state index contributed by atoms with van der Waals surface area (Å²) in [5, 5.41) is 13.6. The van der Waals surface area contributed by atoms with Crippen LogP contribution in [0.2, 0.25) is 0 Å². The van der Waals surface area contributed by atoms with E-state index in [4.69, 9.17) is 0 Å². The highest BCUT2D eigenvalue weighted by Gasteiger charge is 2.17. The van der Waals surface area contributed by atoms with Crippen molar-refractivity contribution in [3.05, 3.63) is 51.1 Å². The Kier molecular flexibility index (Phi) is 5.34. The second-order valence-electron chi connectivity index (χ2n) is 4.19. The quantitative estimate of drug-likeness (QED) is 0.815. The van der Waals surface area contributed by atoms with E-state index in [9.17, 15) is 13.5 Å². The molecule has 0 amide bonds. The Labute approximate surface area is 130 Å². The zero-order valence-corrected chi connectivity index (χ0v) is 13.7. The van der Waals surface area contributed by atoms with Crippen LogP contribution in [-0.2, 0) is 10.0 Å². The Hall–Kier alpha value is -0.730. The first-order valence-corrected chi connectivity index (χ1v) is 9.17. The fourth-order valence-corrected chi connectivity index (χ4v) is 4.46. The Balaban J connectivity index is 1.95. The number of halogens is 1. The molecule has 4 nitrogen and oxygen atoms in total. The summed E-state index contributed by atoms with van der Waals surface area (Å²) >= 11 is 4.72. The van der Waals surface area contributed by atoms with Crippen molar-refractivity contribution in [2.75, 3.05) is 6.54 Å². The molecule has 1 atom stereocenters. The van der Waals surface area contributed by atoms with E-state index in [1.54, 1.807) is 18.2 Å². The van der Waals surface area contributed by atoms with E-state index in [1.165, 1.54) is 17.4 Å². The number of hydrogen-bond donors (Lipinski definition) is 2. The molecule has 2 aromatic rings. The number of sulfonamides is 1. The molecule has 0 aliphatic heterocycles. The maximum atomic E-state index is 12.1. The van der Waals surface area contributed by atoms with Crippen LogP contribution in [0.5, 0.6) is 0 Å². The van der Waals surface area contributed by atoms with Crippen molar-refractivity contribution in [3.8, 4) is 0 Å². The predicted octanol–water partition coefficient (Wildman–Crippen LogP) is 2.91. The third-order valence-electron chi connectivity index (χ3n) is 2.76. The highest BCUT2D eigenvalue weighted by molar-refractivity contribution is 9.10. The average molecular weight is 376 g/mol. The number of nitrogens with one attached hydrogen (secondary N) is 1. The molecule has 0 unspecified atom stereocenters. The van der Waals surface area contributed by atoms with Crippen molar-refractivity contribution >= 4 is 37.3 Å². The van der Waals surface area contributed by atoms with Gasteiger partial charge in [-0.25, -0.2) is 13.1 Å². The number of aliphatic hydroxyl groups excluding tert-OH is 1. The molecule has 20 heavy (non-hydrogen) atoms. The van der Waals surface area contributed by atoms with Crippen molar-refractivity contribution in [3.63, 3.8) is 0 Å². The summed E-state index contributed by atoms with van der Waals surface area (Å²) in [6.45, 7) is 0.181. The van der Waals surface area contributed by atoms with Gasteiger partial charge in [0.15, 0.2) is 0 Å². The lowest BCUT2D eigenvalue weighted by atomic mass is 10.1. The van der Waals surface area contributed by atoms with Crippen molar-refractivity contribution in [1.29, 1.82) is 0 Å². The normalized spacial score (nSPS) is 13.3. The molecule has 0 saturated heterocycles. The number of thiophene rings is 1. The van der Waals surface area contributed by atoms with Crippen LogP contribution < -0.4 is 4.72 Å². The number of aliphatic hydroxyl groups is 1. The van der Waals surface area contributed by atoms with Gasteiger partial charge in [0, 0.05) is 11.0 Å². The minimum absolute atomic E-state index is 0.181. The Morgan fingerprint density at radius 3 is 2.70 bits per heavy atom. The maximum absolute atomic E-state index is 12.1. The molecule has 0 fully saturated rings. The molecule has 7 heteroatoms. The monoisotopic (exact) mass is 375 g/mol. The van der Waals surface area contributed by atoms with Gasteiger partial charge in [-0.15, -0.1) is 0 Å². The van der Waals surface area contributed by atoms with Crippen LogP contribution in [0.3, 0.4) is 0 Å². The summed E-state index contributed by atoms with van der Waals surface area (Å²) < 4.78 is 27.2. The van der Waals surface area contributed by atoms with Gasteiger partial charge in [0.25, 0.3) is 0 Å². The molecule has 2 N–H and O–H groups in total. The maximum Gasteiger partial charge on any atom is 0.241 e. The SMILES string of the molecule is O=S(=O)(NCC[C@H](O)c1ccsc1)c1ccccc1Br. The molecular weight excluding hydrogens is 362 g/mol. The van der Waals surface area contributed by atoms with Gasteiger partial charge in [-0.3, -0.25) is 0 Å². The van der Waals surface area contributed by atoms with E-state index in [-0.39, 0.29) is 11.4 Å². The summed E-state index contributed by atoms with van der Waals surface area (Å²) in [5.74, 6) is 0. The molecule has 0 aliphatic carbocycles. The Morgan fingerprint density at radius 2 is 2.05 bits per heavy atom. The summed E-state index contributed by atoms with van der Waals surface area (Å²) in [6, 6.07) is 8.46. The van der Waals surface area contributed by atoms with E-state index in [2.05, 4.69) is 20.7 Å². The van der Waals surface area contributed by atoms with E-state index in [1.807, 2.05) is 16.8 Å². The molecule has 108 valence electrons. The molecule has 0 aliphatic rings. The van der Waals surface area contributed by atoms with Gasteiger partial charge in [0.1, 0.15) is 0 Å². The standard InChI is InChI=1S/C13H14BrNO3S2/c14-11-3-1-2-4-13(11)20(17,18)15-7-5-12(16)10-6-8-19-9-10/h1-4,6,8-9,12,15-16H,5,7H2/t12-/m0/s1. The Morgan fingerprint density at radius 1 is 1.30 bits per heavy atom. The largest absolute Gasteiger partial charge is 0.388 e. The summed E-state index contributed by atoms with van der Waals surface area (Å²) in [7, 11) is -3.56. The van der Waals surface area contributed by atoms with Gasteiger partial charge in [-0.1, -0.05) is 12.1 Å². The molecule has 0 radical (unpaired) electrons. The zero-order chi connectivity index (χ0) is 14.6. The second kappa shape index (κ2) is 6.82. The second-order valence-corrected chi connectivity index (χ2v) is 7.56. The van der Waals surface area contributed by atoms with Gasteiger partial charge >= 0.3 is 0 Å². The molecule has 1 heterocycles. The topological polar surface area (TPSA) is 66.4 Å². The Bertz CT molecular complexity index is 656. The first kappa shape index (κ1) is 15.7. The first-order chi connectivity index (χ1) is 9.50. The van der Waals surface area contributed by atoms with E-state index >= 15 is 0 Å². The van der Waals surface area contributed by atoms with Crippen LogP contribution in [0.4, 0.5) is 0 Å². The number of hydrogen-bond acceptors (Lipinski definition) is 4. The van der Waals surface area contributed by atoms with Crippen LogP contribution >= 0.6 is 27.3 Å². The van der Waals surface area contributed by atoms with Gasteiger partial charge in [0.2, 0.25) is 10.0 Å². The predicted molar refractivity (Wildman–Crippen MR) is 83.2 cm³/mol. The number of benzene rings is 1. The van der Waals surface area contributed by atoms with Crippen LogP contribution in [0, 0.1) is 0 Å². The van der Waals surface area contributed by atoms with Crippen molar-refractivity contribution in [2.45, 2.75) is 17.4 Å². The van der Waals surface area contributed by atoms with Gasteiger partial charge < -0.3 is 5.11 Å². The summed E-state index contributed by atoms with van der Waals surface area (Å²) in [5.41, 5.74) is 0.815. The van der Waals surface area contributed by atoms with E-state index in [0.29, 0.717) is 10.9 Å². The number of rotatable bonds is 6. The first-order valence-electron chi connectivity index (χ1n) is 5.95. The van der Waals surface area contributed by atoms with Crippen LogP contribution in [0.25, 0.3) is 0 Å². The molecule has 0 saturated carbocycles. The smallest absolute Gasteiger partial charge is 0.241 e. The minimum atomic E-state index is -3.56. The van der Waals surface area contributed by atoms with Crippen molar-refractivity contribution in [1.82, 2.24) is 4.72 Å². The minimum Gasteiger partial charge on any atom is -0.388 e. The lowest BCUT2D eigenvalue weighted by Crippen LogP contribution is -2.26. The average Bonchev–Trinajstić information content (AvgIpc) is 2.92. The van der Waals surface area contributed by atoms with Gasteiger partial charge in [0.05, 0.1) is 11.0 Å². The van der Waals surface area contributed by atoms with E-state index < -0.39 is 16.1 Å². The molecule has 0 spiro atoms. The van der Waals surface area contributed by atoms with Crippen LogP contribution in [-0.4, -0.2) is 20.1 Å². The van der Waals surface area contributed by atoms with E-state index in [0.717, 1.165) is 5.56 Å². The molecule has 1 aromatic carbocycles. The highest BCUT2D eigenvalue weighted by Crippen LogP contribution is 2.22. The third-order valence-corrected chi connectivity index (χ3v) is 5.94. The van der Waals surface area contributed by atoms with Gasteiger partial charge in [-0.2, -0.15) is 11.3 Å². The summed E-state index contributed by atoms with van der Waals surface area (Å²) in [6.07, 6.45) is -0.316.